The van der Waals surface area contributed by atoms with E-state index in [1.54, 1.807) is 29.6 Å². The summed E-state index contributed by atoms with van der Waals surface area (Å²) in [5.41, 5.74) is -0.395. The zero-order valence-electron chi connectivity index (χ0n) is 22.0. The topological polar surface area (TPSA) is 119 Å². The van der Waals surface area contributed by atoms with Gasteiger partial charge in [0.25, 0.3) is 5.91 Å². The monoisotopic (exact) mass is 510 g/mol. The normalized spacial score (nSPS) is 20.0. The van der Waals surface area contributed by atoms with Crippen molar-refractivity contribution < 1.29 is 14.3 Å². The Labute approximate surface area is 216 Å². The molecular formula is C26H35FN8O2. The molecule has 3 N–H and O–H groups in total. The first-order chi connectivity index (χ1) is 17.5. The molecule has 0 unspecified atom stereocenters. The van der Waals surface area contributed by atoms with E-state index in [1.165, 1.54) is 6.92 Å². The van der Waals surface area contributed by atoms with Crippen molar-refractivity contribution >= 4 is 34.3 Å². The van der Waals surface area contributed by atoms with Gasteiger partial charge in [0.15, 0.2) is 5.67 Å². The number of amides is 1. The van der Waals surface area contributed by atoms with E-state index in [4.69, 9.17) is 0 Å². The van der Waals surface area contributed by atoms with Gasteiger partial charge in [0.05, 0.1) is 12.6 Å². The lowest BCUT2D eigenvalue weighted by Gasteiger charge is -2.38. The molecule has 1 saturated heterocycles. The zero-order chi connectivity index (χ0) is 26.7. The first kappa shape index (κ1) is 26.6. The Morgan fingerprint density at radius 3 is 2.73 bits per heavy atom. The minimum atomic E-state index is -1.73. The van der Waals surface area contributed by atoms with Crippen LogP contribution in [0.3, 0.4) is 0 Å². The van der Waals surface area contributed by atoms with Crippen LogP contribution in [0.4, 0.5) is 22.0 Å². The van der Waals surface area contributed by atoms with Crippen LogP contribution in [0, 0.1) is 0 Å². The highest BCUT2D eigenvalue weighted by Crippen LogP contribution is 2.30. The molecule has 37 heavy (non-hydrogen) atoms. The van der Waals surface area contributed by atoms with Crippen molar-refractivity contribution in [3.05, 3.63) is 42.0 Å². The molecule has 10 nitrogen and oxygen atoms in total. The summed E-state index contributed by atoms with van der Waals surface area (Å²) in [5, 5.41) is 17.6. The zero-order valence-corrected chi connectivity index (χ0v) is 22.0. The van der Waals surface area contributed by atoms with Crippen molar-refractivity contribution in [1.29, 1.82) is 0 Å². The van der Waals surface area contributed by atoms with E-state index >= 15 is 0 Å². The van der Waals surface area contributed by atoms with Gasteiger partial charge in [-0.3, -0.25) is 9.78 Å². The van der Waals surface area contributed by atoms with Gasteiger partial charge in [-0.05, 0) is 56.4 Å². The molecule has 198 valence electrons. The van der Waals surface area contributed by atoms with Gasteiger partial charge in [-0.2, -0.15) is 4.98 Å². The average Bonchev–Trinajstić information content (AvgIpc) is 2.84. The van der Waals surface area contributed by atoms with Crippen LogP contribution in [-0.4, -0.2) is 87.9 Å². The van der Waals surface area contributed by atoms with E-state index in [2.05, 4.69) is 44.4 Å². The summed E-state index contributed by atoms with van der Waals surface area (Å²) in [7, 11) is 3.90. The Bertz CT molecular complexity index is 1270. The highest BCUT2D eigenvalue weighted by atomic mass is 19.1. The Morgan fingerprint density at radius 2 is 2.03 bits per heavy atom. The first-order valence-corrected chi connectivity index (χ1v) is 12.5. The van der Waals surface area contributed by atoms with E-state index in [1.807, 2.05) is 25.1 Å². The summed E-state index contributed by atoms with van der Waals surface area (Å²) in [6.07, 6.45) is 4.30. The van der Waals surface area contributed by atoms with Crippen LogP contribution >= 0.6 is 0 Å². The number of alkyl halides is 1. The van der Waals surface area contributed by atoms with Gasteiger partial charge in [-0.25, -0.2) is 14.4 Å². The number of carbonyl (C=O) groups is 1. The Kier molecular flexibility index (Phi) is 7.84. The average molecular weight is 511 g/mol. The fourth-order valence-electron chi connectivity index (χ4n) is 4.35. The van der Waals surface area contributed by atoms with Crippen LogP contribution in [0.5, 0.6) is 0 Å². The number of nitrogens with zero attached hydrogens (tertiary/aromatic N) is 6. The van der Waals surface area contributed by atoms with Crippen molar-refractivity contribution in [2.75, 3.05) is 50.5 Å². The second-order valence-corrected chi connectivity index (χ2v) is 10.3. The van der Waals surface area contributed by atoms with Crippen LogP contribution in [0.25, 0.3) is 10.8 Å². The van der Waals surface area contributed by atoms with Gasteiger partial charge >= 0.3 is 0 Å². The lowest BCUT2D eigenvalue weighted by molar-refractivity contribution is -0.00860. The number of hydrogen-bond donors (Lipinski definition) is 3. The highest BCUT2D eigenvalue weighted by molar-refractivity contribution is 6.06. The number of hydrogen-bond acceptors (Lipinski definition) is 9. The molecule has 0 aliphatic carbocycles. The molecule has 1 aliphatic rings. The molecule has 1 fully saturated rings. The van der Waals surface area contributed by atoms with Gasteiger partial charge in [0, 0.05) is 43.6 Å². The molecule has 2 atom stereocenters. The summed E-state index contributed by atoms with van der Waals surface area (Å²) in [6.45, 7) is 7.25. The van der Waals surface area contributed by atoms with Gasteiger partial charge in [0.1, 0.15) is 17.3 Å². The van der Waals surface area contributed by atoms with Crippen molar-refractivity contribution in [3.8, 4) is 0 Å². The Balaban J connectivity index is 1.60. The van der Waals surface area contributed by atoms with E-state index in [-0.39, 0.29) is 18.4 Å². The van der Waals surface area contributed by atoms with Crippen molar-refractivity contribution in [2.24, 2.45) is 0 Å². The third kappa shape index (κ3) is 6.11. The predicted octanol–water partition coefficient (Wildman–Crippen LogP) is 2.88. The van der Waals surface area contributed by atoms with Crippen molar-refractivity contribution in [3.63, 3.8) is 0 Å². The largest absolute Gasteiger partial charge is 0.390 e. The number of likely N-dealkylation sites (N-methyl/N-ethyl adjacent to an activating group) is 1. The summed E-state index contributed by atoms with van der Waals surface area (Å²) >= 11 is 0. The predicted molar refractivity (Wildman–Crippen MR) is 142 cm³/mol. The van der Waals surface area contributed by atoms with E-state index in [0.29, 0.717) is 48.2 Å². The number of rotatable bonds is 8. The Morgan fingerprint density at radius 1 is 1.24 bits per heavy atom. The molecule has 0 saturated carbocycles. The van der Waals surface area contributed by atoms with Gasteiger partial charge < -0.3 is 25.5 Å². The maximum absolute atomic E-state index is 14.7. The Hall–Kier alpha value is -3.44. The van der Waals surface area contributed by atoms with Crippen LogP contribution in [0.1, 0.15) is 49.2 Å². The summed E-state index contributed by atoms with van der Waals surface area (Å²) in [5.74, 6) is 1.38. The maximum Gasteiger partial charge on any atom is 0.270 e. The number of piperidine rings is 1. The third-order valence-corrected chi connectivity index (χ3v) is 6.53. The number of nitrogens with one attached hydrogen (secondary N) is 2. The molecule has 4 heterocycles. The molecule has 1 amide bonds. The third-order valence-electron chi connectivity index (χ3n) is 6.53. The smallest absolute Gasteiger partial charge is 0.270 e. The maximum atomic E-state index is 14.7. The molecule has 1 aliphatic heterocycles. The first-order valence-electron chi connectivity index (χ1n) is 12.5. The van der Waals surface area contributed by atoms with Crippen molar-refractivity contribution in [2.45, 2.75) is 44.9 Å². The van der Waals surface area contributed by atoms with Crippen LogP contribution in [-0.2, 0) is 0 Å². The minimum absolute atomic E-state index is 0.00990. The molecule has 0 spiro atoms. The molecule has 4 rings (SSSR count). The number of aliphatic hydroxyl groups is 1. The number of carbonyl (C=O) groups excluding carboxylic acids is 1. The quantitative estimate of drug-likeness (QED) is 0.420. The fraction of sp³-hybridized carbons (Fsp3) is 0.500. The minimum Gasteiger partial charge on any atom is -0.390 e. The van der Waals surface area contributed by atoms with Crippen LogP contribution < -0.4 is 15.5 Å². The number of anilines is 3. The SMILES string of the molecule is CC(C)c1cnc(C(=O)NCCN(C)C)c2cnc(Nc3ccnc(N4CC[C@@H](O)[C@@](C)(F)C4)n3)cc12. The van der Waals surface area contributed by atoms with Crippen LogP contribution in [0.15, 0.2) is 30.7 Å². The summed E-state index contributed by atoms with van der Waals surface area (Å²) in [6, 6.07) is 3.60. The van der Waals surface area contributed by atoms with E-state index < -0.39 is 11.8 Å². The standard InChI is InChI=1S/C26H35FN8O2/c1-16(2)18-13-31-23(24(37)28-9-11-34(4)5)19-14-30-22(12-17(18)19)32-21-6-8-29-25(33-21)35-10-7-20(36)26(3,27)15-35/h6,8,12-14,16,20,36H,7,9-11,15H2,1-5H3,(H,28,37)(H,29,30,32,33)/t20-,26+/m1/s1. The molecule has 3 aromatic rings. The van der Waals surface area contributed by atoms with E-state index in [9.17, 15) is 14.3 Å². The summed E-state index contributed by atoms with van der Waals surface area (Å²) < 4.78 is 14.7. The number of aromatic nitrogens is 4. The lowest BCUT2D eigenvalue weighted by Crippen LogP contribution is -2.52. The molecule has 0 aromatic carbocycles. The molecule has 0 bridgehead atoms. The molecular weight excluding hydrogens is 475 g/mol. The second kappa shape index (κ2) is 10.9. The molecule has 3 aromatic heterocycles. The highest BCUT2D eigenvalue weighted by Gasteiger charge is 2.39. The van der Waals surface area contributed by atoms with Crippen LogP contribution in [0.2, 0.25) is 0 Å². The number of pyridine rings is 2. The lowest BCUT2D eigenvalue weighted by atomic mass is 9.94. The van der Waals surface area contributed by atoms with E-state index in [0.717, 1.165) is 17.5 Å². The number of fused-ring (bicyclic) bond motifs is 1. The van der Waals surface area contributed by atoms with Gasteiger partial charge in [-0.1, -0.05) is 13.8 Å². The molecule has 11 heteroatoms. The van der Waals surface area contributed by atoms with Gasteiger partial charge in [0.2, 0.25) is 5.95 Å². The number of aliphatic hydroxyl groups excluding tert-OH is 1. The second-order valence-electron chi connectivity index (χ2n) is 10.3. The summed E-state index contributed by atoms with van der Waals surface area (Å²) in [4.78, 5) is 34.4. The fourth-order valence-corrected chi connectivity index (χ4v) is 4.35. The number of halogens is 1. The van der Waals surface area contributed by atoms with Crippen molar-refractivity contribution in [1.82, 2.24) is 30.2 Å². The molecule has 0 radical (unpaired) electrons. The van der Waals surface area contributed by atoms with Gasteiger partial charge in [-0.15, -0.1) is 0 Å².